The van der Waals surface area contributed by atoms with E-state index in [1.54, 1.807) is 18.2 Å². The number of likely N-dealkylation sites (N-methyl/N-ethyl adjacent to an activating group) is 1. The summed E-state index contributed by atoms with van der Waals surface area (Å²) >= 11 is 0. The van der Waals surface area contributed by atoms with Gasteiger partial charge in [0.25, 0.3) is 0 Å². The van der Waals surface area contributed by atoms with Gasteiger partial charge in [0.2, 0.25) is 0 Å². The van der Waals surface area contributed by atoms with Crippen LogP contribution in [-0.4, -0.2) is 54.3 Å². The van der Waals surface area contributed by atoms with Gasteiger partial charge < -0.3 is 15.3 Å². The SMILES string of the molecule is CN(O)C(C1=C(Nc2cccc(C(F)(F)F)c2)CCC1=O)c1ccc(C#N)cc1CN1CCOCC1. The number of carbonyl (C=O) groups is 1. The first kappa shape index (κ1) is 25.9. The lowest BCUT2D eigenvalue weighted by molar-refractivity contribution is -0.137. The maximum absolute atomic E-state index is 13.2. The van der Waals surface area contributed by atoms with Crippen molar-refractivity contribution in [3.63, 3.8) is 0 Å². The quantitative estimate of drug-likeness (QED) is 0.541. The molecule has 36 heavy (non-hydrogen) atoms. The van der Waals surface area contributed by atoms with Crippen molar-refractivity contribution in [2.45, 2.75) is 31.6 Å². The van der Waals surface area contributed by atoms with Gasteiger partial charge in [-0.25, -0.2) is 0 Å². The first-order chi connectivity index (χ1) is 17.2. The van der Waals surface area contributed by atoms with E-state index >= 15 is 0 Å². The average molecular weight is 501 g/mol. The number of hydroxylamine groups is 2. The number of benzene rings is 2. The fraction of sp³-hybridized carbons (Fsp3) is 0.385. The Morgan fingerprint density at radius 1 is 1.19 bits per heavy atom. The number of ether oxygens (including phenoxy) is 1. The third-order valence-corrected chi connectivity index (χ3v) is 6.42. The number of alkyl halides is 3. The summed E-state index contributed by atoms with van der Waals surface area (Å²) in [6.07, 6.45) is -4.01. The van der Waals surface area contributed by atoms with Gasteiger partial charge in [-0.2, -0.15) is 23.5 Å². The van der Waals surface area contributed by atoms with Crippen LogP contribution in [-0.2, 0) is 22.3 Å². The first-order valence-electron chi connectivity index (χ1n) is 11.6. The Hall–Kier alpha value is -3.23. The Balaban J connectivity index is 1.74. The zero-order valence-electron chi connectivity index (χ0n) is 19.8. The molecule has 190 valence electrons. The van der Waals surface area contributed by atoms with Crippen LogP contribution < -0.4 is 5.32 Å². The molecule has 1 heterocycles. The number of Topliss-reactive ketones (excluding diaryl/α,β-unsaturated/α-hetero) is 1. The van der Waals surface area contributed by atoms with E-state index in [2.05, 4.69) is 16.3 Å². The lowest BCUT2D eigenvalue weighted by atomic mass is 9.91. The molecule has 1 aliphatic carbocycles. The Morgan fingerprint density at radius 2 is 1.94 bits per heavy atom. The summed E-state index contributed by atoms with van der Waals surface area (Å²) in [7, 11) is 1.43. The number of ketones is 1. The van der Waals surface area contributed by atoms with Crippen LogP contribution in [0, 0.1) is 11.3 Å². The maximum atomic E-state index is 13.2. The number of carbonyl (C=O) groups excluding carboxylic acids is 1. The van der Waals surface area contributed by atoms with Gasteiger partial charge in [-0.3, -0.25) is 9.69 Å². The molecule has 0 saturated carbocycles. The highest BCUT2D eigenvalue weighted by atomic mass is 19.4. The van der Waals surface area contributed by atoms with Crippen LogP contribution in [0.4, 0.5) is 18.9 Å². The summed E-state index contributed by atoms with van der Waals surface area (Å²) in [6.45, 7) is 3.09. The molecule has 0 spiro atoms. The monoisotopic (exact) mass is 500 g/mol. The smallest absolute Gasteiger partial charge is 0.379 e. The van der Waals surface area contributed by atoms with Crippen LogP contribution in [0.25, 0.3) is 0 Å². The molecule has 7 nitrogen and oxygen atoms in total. The van der Waals surface area contributed by atoms with Gasteiger partial charge in [0.05, 0.1) is 36.5 Å². The van der Waals surface area contributed by atoms with E-state index < -0.39 is 17.8 Å². The Bertz CT molecular complexity index is 1200. The van der Waals surface area contributed by atoms with Crippen molar-refractivity contribution < 1.29 is 27.9 Å². The normalized spacial score (nSPS) is 18.0. The number of halogens is 3. The van der Waals surface area contributed by atoms with Gasteiger partial charge >= 0.3 is 6.18 Å². The number of anilines is 1. The summed E-state index contributed by atoms with van der Waals surface area (Å²) in [4.78, 5) is 15.2. The van der Waals surface area contributed by atoms with Gasteiger partial charge in [0, 0.05) is 50.1 Å². The number of morpholine rings is 1. The highest BCUT2D eigenvalue weighted by molar-refractivity contribution is 6.00. The number of allylic oxidation sites excluding steroid dienone is 1. The molecule has 2 aliphatic rings. The van der Waals surface area contributed by atoms with Gasteiger partial charge in [-0.1, -0.05) is 12.1 Å². The van der Waals surface area contributed by atoms with Crippen molar-refractivity contribution in [3.05, 3.63) is 76.0 Å². The van der Waals surface area contributed by atoms with E-state index in [4.69, 9.17) is 4.74 Å². The molecule has 1 aliphatic heterocycles. The number of nitrogens with zero attached hydrogens (tertiary/aromatic N) is 3. The molecule has 2 N–H and O–H groups in total. The number of rotatable bonds is 7. The summed E-state index contributed by atoms with van der Waals surface area (Å²) in [5.41, 5.74) is 2.06. The van der Waals surface area contributed by atoms with Gasteiger partial charge in [0.1, 0.15) is 0 Å². The fourth-order valence-electron chi connectivity index (χ4n) is 4.69. The molecule has 0 aromatic heterocycles. The van der Waals surface area contributed by atoms with Crippen LogP contribution in [0.3, 0.4) is 0 Å². The highest BCUT2D eigenvalue weighted by Crippen LogP contribution is 2.39. The number of nitrogens with one attached hydrogen (secondary N) is 1. The lowest BCUT2D eigenvalue weighted by Crippen LogP contribution is -2.36. The molecule has 2 aromatic carbocycles. The summed E-state index contributed by atoms with van der Waals surface area (Å²) in [5.74, 6) is -0.197. The Kier molecular flexibility index (Phi) is 7.76. The maximum Gasteiger partial charge on any atom is 0.416 e. The van der Waals surface area contributed by atoms with Gasteiger partial charge in [-0.05, 0) is 47.9 Å². The number of nitriles is 1. The summed E-state index contributed by atoms with van der Waals surface area (Å²) in [5, 5.41) is 24.1. The minimum Gasteiger partial charge on any atom is -0.379 e. The van der Waals surface area contributed by atoms with Crippen LogP contribution in [0.1, 0.15) is 41.1 Å². The Labute approximate surface area is 207 Å². The van der Waals surface area contributed by atoms with E-state index in [0.717, 1.165) is 22.8 Å². The second-order valence-electron chi connectivity index (χ2n) is 8.91. The molecular formula is C26H27F3N4O3. The van der Waals surface area contributed by atoms with Crippen LogP contribution in [0.15, 0.2) is 53.7 Å². The zero-order chi connectivity index (χ0) is 25.9. The van der Waals surface area contributed by atoms with Crippen LogP contribution >= 0.6 is 0 Å². The highest BCUT2D eigenvalue weighted by Gasteiger charge is 2.35. The number of hydrogen-bond donors (Lipinski definition) is 2. The molecule has 1 fully saturated rings. The molecule has 0 amide bonds. The number of hydrogen-bond acceptors (Lipinski definition) is 7. The van der Waals surface area contributed by atoms with Crippen molar-refractivity contribution in [2.24, 2.45) is 0 Å². The molecule has 1 unspecified atom stereocenters. The summed E-state index contributed by atoms with van der Waals surface area (Å²) < 4.78 is 45.0. The molecule has 0 bridgehead atoms. The second kappa shape index (κ2) is 10.8. The van der Waals surface area contributed by atoms with Crippen molar-refractivity contribution >= 4 is 11.5 Å². The van der Waals surface area contributed by atoms with Crippen molar-refractivity contribution in [1.82, 2.24) is 9.96 Å². The van der Waals surface area contributed by atoms with E-state index in [1.807, 2.05) is 0 Å². The average Bonchev–Trinajstić information content (AvgIpc) is 3.19. The van der Waals surface area contributed by atoms with Gasteiger partial charge in [0.15, 0.2) is 5.78 Å². The van der Waals surface area contributed by atoms with Crippen LogP contribution in [0.5, 0.6) is 0 Å². The molecular weight excluding hydrogens is 473 g/mol. The Morgan fingerprint density at radius 3 is 2.61 bits per heavy atom. The third kappa shape index (κ3) is 5.77. The predicted molar refractivity (Wildman–Crippen MR) is 126 cm³/mol. The molecule has 0 radical (unpaired) electrons. The minimum atomic E-state index is -4.49. The molecule has 4 rings (SSSR count). The van der Waals surface area contributed by atoms with Crippen molar-refractivity contribution in [2.75, 3.05) is 38.7 Å². The fourth-order valence-corrected chi connectivity index (χ4v) is 4.69. The molecule has 2 aromatic rings. The van der Waals surface area contributed by atoms with Gasteiger partial charge in [-0.15, -0.1) is 0 Å². The molecule has 1 atom stereocenters. The van der Waals surface area contributed by atoms with Crippen LogP contribution in [0.2, 0.25) is 0 Å². The zero-order valence-corrected chi connectivity index (χ0v) is 19.8. The minimum absolute atomic E-state index is 0.177. The van der Waals surface area contributed by atoms with Crippen molar-refractivity contribution in [1.29, 1.82) is 5.26 Å². The van der Waals surface area contributed by atoms with E-state index in [0.29, 0.717) is 61.7 Å². The molecule has 10 heteroatoms. The van der Waals surface area contributed by atoms with E-state index in [-0.39, 0.29) is 17.9 Å². The molecule has 1 saturated heterocycles. The first-order valence-corrected chi connectivity index (χ1v) is 11.6. The van der Waals surface area contributed by atoms with E-state index in [9.17, 15) is 28.4 Å². The van der Waals surface area contributed by atoms with E-state index in [1.165, 1.54) is 19.2 Å². The second-order valence-corrected chi connectivity index (χ2v) is 8.91. The van der Waals surface area contributed by atoms with Crippen molar-refractivity contribution in [3.8, 4) is 6.07 Å². The topological polar surface area (TPSA) is 88.8 Å². The third-order valence-electron chi connectivity index (χ3n) is 6.42. The lowest BCUT2D eigenvalue weighted by Gasteiger charge is -2.31. The predicted octanol–water partition coefficient (Wildman–Crippen LogP) is 4.50. The largest absolute Gasteiger partial charge is 0.416 e. The summed E-state index contributed by atoms with van der Waals surface area (Å²) in [6, 6.07) is 11.2. The standard InChI is InChI=1S/C26H27F3N4O3/c1-32(35)25(21-6-5-17(15-30)13-18(21)16-33-9-11-36-12-10-33)24-22(7-8-23(24)34)31-20-4-2-3-19(14-20)26(27,28)29/h2-6,13-14,25,31,35H,7-12,16H2,1H3.